The average molecular weight is 432 g/mol. The van der Waals surface area contributed by atoms with Gasteiger partial charge in [-0.3, -0.25) is 4.79 Å². The lowest BCUT2D eigenvalue weighted by Crippen LogP contribution is -2.51. The summed E-state index contributed by atoms with van der Waals surface area (Å²) >= 11 is 0. The maximum atomic E-state index is 13.4. The molecule has 1 atom stereocenters. The van der Waals surface area contributed by atoms with Crippen molar-refractivity contribution in [1.82, 2.24) is 24.6 Å². The van der Waals surface area contributed by atoms with Gasteiger partial charge in [-0.05, 0) is 57.0 Å². The Morgan fingerprint density at radius 1 is 1.30 bits per heavy atom. The molecule has 1 saturated heterocycles. The monoisotopic (exact) mass is 431 g/mol. The van der Waals surface area contributed by atoms with Crippen LogP contribution >= 0.6 is 0 Å². The van der Waals surface area contributed by atoms with E-state index in [0.717, 1.165) is 11.9 Å². The first-order chi connectivity index (χ1) is 14.4. The number of fused-ring (bicyclic) bond motifs is 1. The Morgan fingerprint density at radius 2 is 2.13 bits per heavy atom. The number of hydrogen-bond acceptors (Lipinski definition) is 6. The maximum absolute atomic E-state index is 13.4. The van der Waals surface area contributed by atoms with E-state index in [1.165, 1.54) is 16.6 Å². The zero-order valence-corrected chi connectivity index (χ0v) is 17.8. The van der Waals surface area contributed by atoms with Crippen molar-refractivity contribution in [2.75, 3.05) is 6.54 Å². The Balaban J connectivity index is 1.59. The zero-order chi connectivity index (χ0) is 21.3. The second-order valence-electron chi connectivity index (χ2n) is 7.70. The van der Waals surface area contributed by atoms with Crippen molar-refractivity contribution >= 4 is 27.0 Å². The molecule has 30 heavy (non-hydrogen) atoms. The second kappa shape index (κ2) is 8.19. The van der Waals surface area contributed by atoms with Crippen LogP contribution in [0.3, 0.4) is 0 Å². The van der Waals surface area contributed by atoms with E-state index in [2.05, 4.69) is 15.6 Å². The lowest BCUT2D eigenvalue weighted by molar-refractivity contribution is -0.125. The number of sulfonamides is 1. The lowest BCUT2D eigenvalue weighted by Gasteiger charge is -2.33. The van der Waals surface area contributed by atoms with Crippen molar-refractivity contribution < 1.29 is 17.6 Å². The molecular formula is C20H25N5O4S. The summed E-state index contributed by atoms with van der Waals surface area (Å²) in [4.78, 5) is 12.9. The van der Waals surface area contributed by atoms with Crippen LogP contribution in [0.2, 0.25) is 0 Å². The van der Waals surface area contributed by atoms with Gasteiger partial charge in [-0.25, -0.2) is 13.1 Å². The quantitative estimate of drug-likeness (QED) is 0.642. The van der Waals surface area contributed by atoms with Gasteiger partial charge in [0.1, 0.15) is 17.3 Å². The summed E-state index contributed by atoms with van der Waals surface area (Å²) < 4.78 is 35.1. The second-order valence-corrected chi connectivity index (χ2v) is 9.59. The highest BCUT2D eigenvalue weighted by Gasteiger charge is 2.37. The Morgan fingerprint density at radius 3 is 2.87 bits per heavy atom. The van der Waals surface area contributed by atoms with E-state index < -0.39 is 16.1 Å². The van der Waals surface area contributed by atoms with Crippen LogP contribution in [-0.4, -0.2) is 46.2 Å². The van der Waals surface area contributed by atoms with Gasteiger partial charge < -0.3 is 9.73 Å². The van der Waals surface area contributed by atoms with Crippen LogP contribution in [0.5, 0.6) is 0 Å². The molecule has 2 aromatic heterocycles. The van der Waals surface area contributed by atoms with E-state index >= 15 is 0 Å². The number of aromatic nitrogens is 3. The first-order valence-electron chi connectivity index (χ1n) is 10.0. The smallest absolute Gasteiger partial charge is 0.243 e. The molecule has 0 saturated carbocycles. The summed E-state index contributed by atoms with van der Waals surface area (Å²) in [6, 6.07) is 7.68. The molecule has 0 radical (unpaired) electrons. The highest BCUT2D eigenvalue weighted by Crippen LogP contribution is 2.28. The van der Waals surface area contributed by atoms with Crippen molar-refractivity contribution in [3.05, 3.63) is 42.4 Å². The van der Waals surface area contributed by atoms with Gasteiger partial charge >= 0.3 is 0 Å². The van der Waals surface area contributed by atoms with Crippen LogP contribution in [0.1, 0.15) is 44.9 Å². The number of carbonyl (C=O) groups is 1. The van der Waals surface area contributed by atoms with E-state index in [1.54, 1.807) is 28.9 Å². The van der Waals surface area contributed by atoms with Crippen molar-refractivity contribution in [3.63, 3.8) is 0 Å². The number of benzene rings is 1. The third-order valence-corrected chi connectivity index (χ3v) is 7.22. The Kier molecular flexibility index (Phi) is 5.61. The summed E-state index contributed by atoms with van der Waals surface area (Å²) in [5, 5.41) is 11.0. The van der Waals surface area contributed by atoms with Crippen LogP contribution in [0.4, 0.5) is 0 Å². The topological polar surface area (TPSA) is 110 Å². The third-order valence-electron chi connectivity index (χ3n) is 5.31. The molecule has 0 spiro atoms. The van der Waals surface area contributed by atoms with Gasteiger partial charge in [0.25, 0.3) is 0 Å². The number of hydrogen-bond donors (Lipinski definition) is 1. The number of amides is 1. The van der Waals surface area contributed by atoms with Gasteiger partial charge in [0.05, 0.1) is 23.2 Å². The largest absolute Gasteiger partial charge is 0.467 e. The van der Waals surface area contributed by atoms with Gasteiger partial charge in [0, 0.05) is 12.6 Å². The maximum Gasteiger partial charge on any atom is 0.243 e. The fraction of sp³-hybridized carbons (Fsp3) is 0.450. The summed E-state index contributed by atoms with van der Waals surface area (Å²) in [6.07, 6.45) is 3.53. The fourth-order valence-electron chi connectivity index (χ4n) is 3.76. The van der Waals surface area contributed by atoms with Crippen molar-refractivity contribution in [2.24, 2.45) is 0 Å². The van der Waals surface area contributed by atoms with E-state index in [9.17, 15) is 13.2 Å². The lowest BCUT2D eigenvalue weighted by atomic mass is 10.0. The molecule has 4 rings (SSSR count). The highest BCUT2D eigenvalue weighted by atomic mass is 32.2. The first-order valence-corrected chi connectivity index (χ1v) is 11.5. The third kappa shape index (κ3) is 3.84. The Hall–Kier alpha value is -2.72. The SMILES string of the molecule is CC(C)n1nnc2cc(S(=O)(=O)N3CCCC[C@@H]3C(=O)NCc3ccco3)ccc21. The van der Waals surface area contributed by atoms with Crippen LogP contribution < -0.4 is 5.32 Å². The molecule has 9 nitrogen and oxygen atoms in total. The molecule has 1 N–H and O–H groups in total. The van der Waals surface area contributed by atoms with Gasteiger partial charge in [0.15, 0.2) is 0 Å². The normalized spacial score (nSPS) is 18.2. The number of rotatable bonds is 6. The first kappa shape index (κ1) is 20.5. The predicted molar refractivity (Wildman–Crippen MR) is 110 cm³/mol. The minimum Gasteiger partial charge on any atom is -0.467 e. The van der Waals surface area contributed by atoms with E-state index in [0.29, 0.717) is 30.7 Å². The van der Waals surface area contributed by atoms with Gasteiger partial charge in [0.2, 0.25) is 15.9 Å². The molecule has 10 heteroatoms. The summed E-state index contributed by atoms with van der Waals surface area (Å²) in [5.41, 5.74) is 1.29. The van der Waals surface area contributed by atoms with Crippen LogP contribution in [-0.2, 0) is 21.4 Å². The van der Waals surface area contributed by atoms with Gasteiger partial charge in [-0.2, -0.15) is 4.31 Å². The molecule has 3 aromatic rings. The minimum absolute atomic E-state index is 0.113. The Labute approximate surface area is 175 Å². The van der Waals surface area contributed by atoms with E-state index in [1.807, 2.05) is 13.8 Å². The van der Waals surface area contributed by atoms with Gasteiger partial charge in [-0.1, -0.05) is 11.6 Å². The number of nitrogens with zero attached hydrogens (tertiary/aromatic N) is 4. The Bertz CT molecular complexity index is 1140. The highest BCUT2D eigenvalue weighted by molar-refractivity contribution is 7.89. The molecule has 1 aliphatic rings. The molecule has 1 fully saturated rings. The van der Waals surface area contributed by atoms with Crippen LogP contribution in [0, 0.1) is 0 Å². The van der Waals surface area contributed by atoms with Crippen molar-refractivity contribution in [2.45, 2.75) is 56.6 Å². The minimum atomic E-state index is -3.86. The summed E-state index contributed by atoms with van der Waals surface area (Å²) in [6.45, 7) is 4.50. The summed E-state index contributed by atoms with van der Waals surface area (Å²) in [7, 11) is -3.86. The fourth-order valence-corrected chi connectivity index (χ4v) is 5.44. The van der Waals surface area contributed by atoms with Crippen LogP contribution in [0.25, 0.3) is 11.0 Å². The molecule has 0 bridgehead atoms. The standard InChI is InChI=1S/C20H25N5O4S/c1-14(2)25-18-9-8-16(12-17(18)22-23-25)30(27,28)24-10-4-3-7-19(24)20(26)21-13-15-6-5-11-29-15/h5-6,8-9,11-12,14,19H,3-4,7,10,13H2,1-2H3,(H,21,26)/t19-/m1/s1. The number of furan rings is 1. The number of carbonyl (C=O) groups excluding carboxylic acids is 1. The molecular weight excluding hydrogens is 406 g/mol. The number of nitrogens with one attached hydrogen (secondary N) is 1. The summed E-state index contributed by atoms with van der Waals surface area (Å²) in [5.74, 6) is 0.300. The molecule has 1 aliphatic heterocycles. The average Bonchev–Trinajstić information content (AvgIpc) is 3.41. The molecule has 3 heterocycles. The molecule has 0 unspecified atom stereocenters. The molecule has 1 aromatic carbocycles. The van der Waals surface area contributed by atoms with Crippen LogP contribution in [0.15, 0.2) is 45.9 Å². The van der Waals surface area contributed by atoms with E-state index in [4.69, 9.17) is 4.42 Å². The van der Waals surface area contributed by atoms with E-state index in [-0.39, 0.29) is 23.4 Å². The number of piperidine rings is 1. The molecule has 160 valence electrons. The zero-order valence-electron chi connectivity index (χ0n) is 17.0. The molecule has 0 aliphatic carbocycles. The molecule has 1 amide bonds. The van der Waals surface area contributed by atoms with Crippen molar-refractivity contribution in [1.29, 1.82) is 0 Å². The van der Waals surface area contributed by atoms with Crippen molar-refractivity contribution in [3.8, 4) is 0 Å². The predicted octanol–water partition coefficient (Wildman–Crippen LogP) is 2.46. The van der Waals surface area contributed by atoms with Gasteiger partial charge in [-0.15, -0.1) is 5.10 Å².